The molecule has 0 radical (unpaired) electrons. The summed E-state index contributed by atoms with van der Waals surface area (Å²) in [5, 5.41) is 0.523. The van der Waals surface area contributed by atoms with Crippen LogP contribution in [0.3, 0.4) is 0 Å². The van der Waals surface area contributed by atoms with Crippen LogP contribution in [0.15, 0.2) is 48.5 Å². The van der Waals surface area contributed by atoms with Gasteiger partial charge in [0, 0.05) is 10.6 Å². The predicted molar refractivity (Wildman–Crippen MR) is 84.4 cm³/mol. The van der Waals surface area contributed by atoms with Crippen LogP contribution in [0, 0.1) is 0 Å². The molecule has 0 heterocycles. The molecule has 23 heavy (non-hydrogen) atoms. The topological polar surface area (TPSA) is 35.5 Å². The van der Waals surface area contributed by atoms with Gasteiger partial charge in [-0.25, -0.2) is 0 Å². The summed E-state index contributed by atoms with van der Waals surface area (Å²) < 4.78 is 33.8. The van der Waals surface area contributed by atoms with Crippen molar-refractivity contribution >= 4 is 23.5 Å². The van der Waals surface area contributed by atoms with Crippen LogP contribution in [0.2, 0.25) is 5.02 Å². The molecule has 0 aromatic heterocycles. The molecule has 2 aromatic rings. The summed E-state index contributed by atoms with van der Waals surface area (Å²) in [7, 11) is 1.31. The number of ketones is 1. The zero-order chi connectivity index (χ0) is 16.8. The minimum Gasteiger partial charge on any atom is -0.493 e. The summed E-state index contributed by atoms with van der Waals surface area (Å²) in [6, 6.07) is 11.1. The Hall–Kier alpha value is -2.40. The average Bonchev–Trinajstić information content (AvgIpc) is 2.53. The largest absolute Gasteiger partial charge is 0.493 e. The molecule has 0 saturated carbocycles. The zero-order valence-electron chi connectivity index (χ0n) is 12.1. The molecule has 0 fully saturated rings. The molecule has 6 heteroatoms. The van der Waals surface area contributed by atoms with Crippen molar-refractivity contribution in [2.24, 2.45) is 0 Å². The summed E-state index contributed by atoms with van der Waals surface area (Å²) in [6.45, 7) is -2.97. The number of carbonyl (C=O) groups excluding carboxylic acids is 1. The number of hydrogen-bond acceptors (Lipinski definition) is 3. The van der Waals surface area contributed by atoms with Gasteiger partial charge in [0.2, 0.25) is 0 Å². The van der Waals surface area contributed by atoms with Crippen molar-refractivity contribution in [1.82, 2.24) is 0 Å². The third-order valence-corrected chi connectivity index (χ3v) is 3.33. The summed E-state index contributed by atoms with van der Waals surface area (Å²) >= 11 is 6.00. The molecular formula is C17H13ClF2O3. The van der Waals surface area contributed by atoms with E-state index < -0.39 is 6.61 Å². The molecule has 2 aromatic carbocycles. The fraction of sp³-hybridized carbons (Fsp3) is 0.118. The number of halogens is 3. The number of methoxy groups -OCH3 is 1. The normalized spacial score (nSPS) is 11.0. The number of carbonyl (C=O) groups is 1. The van der Waals surface area contributed by atoms with Gasteiger partial charge >= 0.3 is 6.61 Å². The second-order valence-electron chi connectivity index (χ2n) is 4.46. The Balaban J connectivity index is 2.21. The minimum absolute atomic E-state index is 0.0577. The van der Waals surface area contributed by atoms with Gasteiger partial charge in [-0.2, -0.15) is 8.78 Å². The first kappa shape index (κ1) is 17.0. The fourth-order valence-electron chi connectivity index (χ4n) is 1.89. The molecule has 0 spiro atoms. The number of alkyl halides is 2. The van der Waals surface area contributed by atoms with Crippen molar-refractivity contribution in [3.05, 3.63) is 64.7 Å². The standard InChI is InChI=1S/C17H13ClF2O3/c1-22-16-10-12(7-9-15(16)23-17(19)20)14(21)8-6-11-4-2-3-5-13(11)18/h2-10,17H,1H3. The van der Waals surface area contributed by atoms with Gasteiger partial charge in [-0.3, -0.25) is 4.79 Å². The highest BCUT2D eigenvalue weighted by Gasteiger charge is 2.13. The molecule has 0 bridgehead atoms. The first-order valence-electron chi connectivity index (χ1n) is 6.61. The van der Waals surface area contributed by atoms with Crippen LogP contribution < -0.4 is 9.47 Å². The van der Waals surface area contributed by atoms with E-state index in [2.05, 4.69) is 4.74 Å². The summed E-state index contributed by atoms with van der Waals surface area (Å²) in [4.78, 5) is 12.2. The lowest BCUT2D eigenvalue weighted by Gasteiger charge is -2.10. The molecular weight excluding hydrogens is 326 g/mol. The Morgan fingerprint density at radius 3 is 2.57 bits per heavy atom. The van der Waals surface area contributed by atoms with E-state index in [1.807, 2.05) is 0 Å². The van der Waals surface area contributed by atoms with E-state index in [-0.39, 0.29) is 22.8 Å². The zero-order valence-corrected chi connectivity index (χ0v) is 12.9. The number of rotatable bonds is 6. The Labute approximate surface area is 137 Å². The third kappa shape index (κ3) is 4.53. The number of hydrogen-bond donors (Lipinski definition) is 0. The Bertz CT molecular complexity index is 730. The van der Waals surface area contributed by atoms with Gasteiger partial charge in [0.15, 0.2) is 17.3 Å². The smallest absolute Gasteiger partial charge is 0.387 e. The highest BCUT2D eigenvalue weighted by Crippen LogP contribution is 2.29. The van der Waals surface area contributed by atoms with Crippen LogP contribution in [0.4, 0.5) is 8.78 Å². The monoisotopic (exact) mass is 338 g/mol. The molecule has 0 unspecified atom stereocenters. The molecule has 0 atom stereocenters. The molecule has 3 nitrogen and oxygen atoms in total. The van der Waals surface area contributed by atoms with Gasteiger partial charge in [-0.1, -0.05) is 29.8 Å². The Morgan fingerprint density at radius 2 is 1.91 bits per heavy atom. The lowest BCUT2D eigenvalue weighted by atomic mass is 10.1. The van der Waals surface area contributed by atoms with Gasteiger partial charge in [-0.15, -0.1) is 0 Å². The van der Waals surface area contributed by atoms with Crippen molar-refractivity contribution in [3.63, 3.8) is 0 Å². The minimum atomic E-state index is -2.97. The van der Waals surface area contributed by atoms with E-state index >= 15 is 0 Å². The van der Waals surface area contributed by atoms with E-state index in [0.29, 0.717) is 10.6 Å². The van der Waals surface area contributed by atoms with Crippen molar-refractivity contribution in [2.45, 2.75) is 6.61 Å². The summed E-state index contributed by atoms with van der Waals surface area (Å²) in [5.41, 5.74) is 0.985. The molecule has 2 rings (SSSR count). The highest BCUT2D eigenvalue weighted by atomic mass is 35.5. The maximum Gasteiger partial charge on any atom is 0.387 e. The number of ether oxygens (including phenoxy) is 2. The molecule has 0 aliphatic rings. The maximum atomic E-state index is 12.3. The molecule has 0 amide bonds. The van der Waals surface area contributed by atoms with Crippen molar-refractivity contribution in [1.29, 1.82) is 0 Å². The second kappa shape index (κ2) is 7.74. The molecule has 0 N–H and O–H groups in total. The molecule has 0 aliphatic heterocycles. The van der Waals surface area contributed by atoms with Crippen molar-refractivity contribution < 1.29 is 23.0 Å². The van der Waals surface area contributed by atoms with E-state index in [1.54, 1.807) is 30.3 Å². The SMILES string of the molecule is COc1cc(C(=O)C=Cc2ccccc2Cl)ccc1OC(F)F. The average molecular weight is 339 g/mol. The van der Waals surface area contributed by atoms with Gasteiger partial charge in [0.25, 0.3) is 0 Å². The van der Waals surface area contributed by atoms with E-state index in [9.17, 15) is 13.6 Å². The molecule has 120 valence electrons. The predicted octanol–water partition coefficient (Wildman–Crippen LogP) is 4.85. The van der Waals surface area contributed by atoms with Gasteiger partial charge in [0.1, 0.15) is 0 Å². The summed E-state index contributed by atoms with van der Waals surface area (Å²) in [5.74, 6) is -0.386. The van der Waals surface area contributed by atoms with Gasteiger partial charge in [-0.05, 0) is 42.0 Å². The lowest BCUT2D eigenvalue weighted by molar-refractivity contribution is -0.0512. The molecule has 0 saturated heterocycles. The van der Waals surface area contributed by atoms with E-state index in [1.165, 1.54) is 31.4 Å². The van der Waals surface area contributed by atoms with Crippen LogP contribution in [0.25, 0.3) is 6.08 Å². The van der Waals surface area contributed by atoms with Gasteiger partial charge in [0.05, 0.1) is 7.11 Å². The third-order valence-electron chi connectivity index (χ3n) is 2.98. The van der Waals surface area contributed by atoms with E-state index in [4.69, 9.17) is 16.3 Å². The first-order chi connectivity index (χ1) is 11.0. The number of allylic oxidation sites excluding steroid dienone is 1. The van der Waals surface area contributed by atoms with Crippen LogP contribution in [-0.4, -0.2) is 19.5 Å². The second-order valence-corrected chi connectivity index (χ2v) is 4.87. The highest BCUT2D eigenvalue weighted by molar-refractivity contribution is 6.32. The van der Waals surface area contributed by atoms with Gasteiger partial charge < -0.3 is 9.47 Å². The van der Waals surface area contributed by atoms with Crippen LogP contribution in [0.5, 0.6) is 11.5 Å². The quantitative estimate of drug-likeness (QED) is 0.558. The Kier molecular flexibility index (Phi) is 5.71. The summed E-state index contributed by atoms with van der Waals surface area (Å²) in [6.07, 6.45) is 2.93. The molecule has 0 aliphatic carbocycles. The Morgan fingerprint density at radius 1 is 1.17 bits per heavy atom. The van der Waals surface area contributed by atoms with Crippen LogP contribution >= 0.6 is 11.6 Å². The van der Waals surface area contributed by atoms with Crippen molar-refractivity contribution in [3.8, 4) is 11.5 Å². The fourth-order valence-corrected chi connectivity index (χ4v) is 2.08. The van der Waals surface area contributed by atoms with E-state index in [0.717, 1.165) is 0 Å². The lowest BCUT2D eigenvalue weighted by Crippen LogP contribution is -2.04. The maximum absolute atomic E-state index is 12.3. The van der Waals surface area contributed by atoms with Crippen LogP contribution in [-0.2, 0) is 0 Å². The first-order valence-corrected chi connectivity index (χ1v) is 6.99. The number of benzene rings is 2. The van der Waals surface area contributed by atoms with Crippen LogP contribution in [0.1, 0.15) is 15.9 Å². The van der Waals surface area contributed by atoms with Crippen molar-refractivity contribution in [2.75, 3.05) is 7.11 Å².